The van der Waals surface area contributed by atoms with Gasteiger partial charge in [-0.3, -0.25) is 9.59 Å². The van der Waals surface area contributed by atoms with Crippen LogP contribution in [-0.4, -0.2) is 36.4 Å². The predicted molar refractivity (Wildman–Crippen MR) is 380 cm³/mol. The van der Waals surface area contributed by atoms with Crippen molar-refractivity contribution in [2.24, 2.45) is 0 Å². The van der Waals surface area contributed by atoms with Crippen LogP contribution in [0, 0.1) is 0 Å². The first-order valence-electron chi connectivity index (χ1n) is 37.8. The van der Waals surface area contributed by atoms with E-state index in [-0.39, 0.29) is 25.2 Å². The van der Waals surface area contributed by atoms with Crippen LogP contribution in [0.5, 0.6) is 0 Å². The fourth-order valence-corrected chi connectivity index (χ4v) is 11.2. The Morgan fingerprint density at radius 1 is 0.279 bits per heavy atom. The van der Waals surface area contributed by atoms with Crippen molar-refractivity contribution in [3.05, 3.63) is 97.2 Å². The normalized spacial score (nSPS) is 12.7. The van der Waals surface area contributed by atoms with Gasteiger partial charge in [0.25, 0.3) is 0 Å². The number of aliphatic hydroxyl groups is 1. The summed E-state index contributed by atoms with van der Waals surface area (Å²) < 4.78 is 10.8. The van der Waals surface area contributed by atoms with Crippen LogP contribution < -0.4 is 0 Å². The minimum absolute atomic E-state index is 0.0641. The Labute approximate surface area is 536 Å². The molecule has 1 atom stereocenters. The Kier molecular flexibility index (Phi) is 73.3. The Morgan fingerprint density at radius 2 is 0.500 bits per heavy atom. The highest BCUT2D eigenvalue weighted by molar-refractivity contribution is 5.70. The Bertz CT molecular complexity index is 1600. The van der Waals surface area contributed by atoms with Crippen LogP contribution in [-0.2, 0) is 19.1 Å². The van der Waals surface area contributed by atoms with Crippen LogP contribution in [0.3, 0.4) is 0 Å². The third-order valence-electron chi connectivity index (χ3n) is 16.9. The number of aliphatic hydroxyl groups excluding tert-OH is 1. The maximum Gasteiger partial charge on any atom is 0.306 e. The van der Waals surface area contributed by atoms with Crippen LogP contribution in [0.25, 0.3) is 0 Å². The van der Waals surface area contributed by atoms with Crippen molar-refractivity contribution < 1.29 is 24.2 Å². The number of hydrogen-bond donors (Lipinski definition) is 1. The van der Waals surface area contributed by atoms with E-state index in [4.69, 9.17) is 9.47 Å². The van der Waals surface area contributed by atoms with Gasteiger partial charge in [-0.2, -0.15) is 0 Å². The van der Waals surface area contributed by atoms with Gasteiger partial charge < -0.3 is 14.6 Å². The molecule has 0 bridgehead atoms. The highest BCUT2D eigenvalue weighted by Crippen LogP contribution is 2.19. The minimum Gasteiger partial charge on any atom is -0.462 e. The van der Waals surface area contributed by atoms with Gasteiger partial charge in [-0.15, -0.1) is 0 Å². The molecule has 0 amide bonds. The number of ether oxygens (including phenoxy) is 2. The molecular formula is C81H144O5. The topological polar surface area (TPSA) is 72.8 Å². The van der Waals surface area contributed by atoms with E-state index in [0.717, 1.165) is 83.5 Å². The van der Waals surface area contributed by atoms with Crippen LogP contribution in [0.4, 0.5) is 0 Å². The summed E-state index contributed by atoms with van der Waals surface area (Å²) >= 11 is 0. The molecule has 0 saturated heterocycles. The van der Waals surface area contributed by atoms with Gasteiger partial charge >= 0.3 is 11.9 Å². The molecule has 0 spiro atoms. The molecule has 1 N–H and O–H groups in total. The lowest BCUT2D eigenvalue weighted by molar-refractivity contribution is -0.161. The van der Waals surface area contributed by atoms with E-state index in [1.807, 2.05) is 0 Å². The molecule has 0 saturated carbocycles. The van der Waals surface area contributed by atoms with E-state index in [2.05, 4.69) is 111 Å². The van der Waals surface area contributed by atoms with E-state index in [9.17, 15) is 14.7 Å². The lowest BCUT2D eigenvalue weighted by atomic mass is 10.0. The smallest absolute Gasteiger partial charge is 0.306 e. The molecule has 0 aliphatic heterocycles. The second-order valence-corrected chi connectivity index (χ2v) is 25.3. The predicted octanol–water partition coefficient (Wildman–Crippen LogP) is 26.5. The van der Waals surface area contributed by atoms with Gasteiger partial charge in [0.2, 0.25) is 0 Å². The largest absolute Gasteiger partial charge is 0.462 e. The zero-order valence-electron chi connectivity index (χ0n) is 57.3. The molecule has 5 nitrogen and oxygen atoms in total. The van der Waals surface area contributed by atoms with E-state index < -0.39 is 6.10 Å². The Hall–Kier alpha value is -3.18. The molecule has 0 radical (unpaired) electrons. The summed E-state index contributed by atoms with van der Waals surface area (Å²) in [5.74, 6) is -0.574. The first kappa shape index (κ1) is 82.8. The molecule has 0 aliphatic carbocycles. The van der Waals surface area contributed by atoms with E-state index in [0.29, 0.717) is 12.8 Å². The molecule has 5 heteroatoms. The van der Waals surface area contributed by atoms with Crippen molar-refractivity contribution in [1.82, 2.24) is 0 Å². The van der Waals surface area contributed by atoms with Crippen molar-refractivity contribution in [3.8, 4) is 0 Å². The molecule has 1 unspecified atom stereocenters. The van der Waals surface area contributed by atoms with E-state index in [1.54, 1.807) is 0 Å². The number of hydrogen-bond acceptors (Lipinski definition) is 5. The van der Waals surface area contributed by atoms with Gasteiger partial charge in [-0.1, -0.05) is 374 Å². The SMILES string of the molecule is CC/C=C\C/C=C\C/C=C\C/C=C\C/C=C\CCCCCCCCCCCCCCCCCC(=O)OC(CO)COC(=O)CCCCCCCCCCCCCCCCCCCCCCCCCCCC/C=C\C/C=C\C/C=C\CCCCCCC. The van der Waals surface area contributed by atoms with Gasteiger partial charge in [0, 0.05) is 12.8 Å². The van der Waals surface area contributed by atoms with Crippen molar-refractivity contribution in [1.29, 1.82) is 0 Å². The zero-order valence-corrected chi connectivity index (χ0v) is 57.3. The first-order valence-corrected chi connectivity index (χ1v) is 37.8. The summed E-state index contributed by atoms with van der Waals surface area (Å²) in [5, 5.41) is 9.72. The molecule has 0 fully saturated rings. The molecule has 86 heavy (non-hydrogen) atoms. The number of rotatable bonds is 70. The summed E-state index contributed by atoms with van der Waals surface area (Å²) in [4.78, 5) is 24.7. The second kappa shape index (κ2) is 76.1. The highest BCUT2D eigenvalue weighted by atomic mass is 16.6. The quantitative estimate of drug-likeness (QED) is 0.0373. The molecular weight excluding hydrogens is 1050 g/mol. The van der Waals surface area contributed by atoms with Crippen LogP contribution in [0.1, 0.15) is 386 Å². The van der Waals surface area contributed by atoms with Gasteiger partial charge in [0.1, 0.15) is 6.61 Å². The highest BCUT2D eigenvalue weighted by Gasteiger charge is 2.16. The van der Waals surface area contributed by atoms with Crippen molar-refractivity contribution >= 4 is 11.9 Å². The number of allylic oxidation sites excluding steroid dienone is 16. The van der Waals surface area contributed by atoms with Gasteiger partial charge in [-0.25, -0.2) is 0 Å². The maximum atomic E-state index is 12.4. The Balaban J connectivity index is 3.40. The summed E-state index contributed by atoms with van der Waals surface area (Å²) in [6.45, 7) is 4.06. The van der Waals surface area contributed by atoms with Gasteiger partial charge in [0.05, 0.1) is 6.61 Å². The van der Waals surface area contributed by atoms with E-state index in [1.165, 1.54) is 276 Å². The molecule has 0 aromatic rings. The Morgan fingerprint density at radius 3 is 0.756 bits per heavy atom. The molecule has 0 aromatic carbocycles. The lowest BCUT2D eigenvalue weighted by Gasteiger charge is -2.15. The standard InChI is InChI=1S/C81H144O5/c1-3-5-7-9-11-13-15-17-19-21-23-25-27-29-31-33-35-36-37-38-39-40-41-42-43-44-46-47-49-51-53-55-57-59-61-63-65-67-69-71-73-75-80(83)85-78-79(77-82)86-81(84)76-74-72-70-68-66-64-62-60-58-56-54-52-50-48-45-34-32-30-28-26-24-22-20-18-16-14-12-10-8-6-4-2/h6,8,12,14-15,17-18,20-21,23-24,26-27,29-30,32,79,82H,3-5,7,9-11,13,16,19,22,25,28,31,33-78H2,1-2H3/b8-6-,14-12-,17-15-,20-18-,23-21-,26-24-,29-27-,32-30-. The molecule has 0 rings (SSSR count). The number of unbranched alkanes of at least 4 members (excludes halogenated alkanes) is 46. The number of carbonyl (C=O) groups excluding carboxylic acids is 2. The lowest BCUT2D eigenvalue weighted by Crippen LogP contribution is -2.28. The molecule has 0 aromatic heterocycles. The third kappa shape index (κ3) is 73.3. The van der Waals surface area contributed by atoms with Crippen LogP contribution in [0.15, 0.2) is 97.2 Å². The molecule has 0 aliphatic rings. The monoisotopic (exact) mass is 1200 g/mol. The van der Waals surface area contributed by atoms with Crippen LogP contribution >= 0.6 is 0 Å². The number of carbonyl (C=O) groups is 2. The first-order chi connectivity index (χ1) is 42.6. The van der Waals surface area contributed by atoms with Crippen molar-refractivity contribution in [2.75, 3.05) is 13.2 Å². The van der Waals surface area contributed by atoms with Crippen LogP contribution in [0.2, 0.25) is 0 Å². The minimum atomic E-state index is -0.776. The maximum absolute atomic E-state index is 12.4. The summed E-state index contributed by atoms with van der Waals surface area (Å²) in [7, 11) is 0. The van der Waals surface area contributed by atoms with E-state index >= 15 is 0 Å². The van der Waals surface area contributed by atoms with Gasteiger partial charge in [-0.05, 0) is 96.3 Å². The molecule has 0 heterocycles. The summed E-state index contributed by atoms with van der Waals surface area (Å²) in [6.07, 6.45) is 109. The summed E-state index contributed by atoms with van der Waals surface area (Å²) in [6, 6.07) is 0. The fraction of sp³-hybridized carbons (Fsp3) is 0.778. The third-order valence-corrected chi connectivity index (χ3v) is 16.9. The number of esters is 2. The fourth-order valence-electron chi connectivity index (χ4n) is 11.2. The van der Waals surface area contributed by atoms with Crippen molar-refractivity contribution in [3.63, 3.8) is 0 Å². The molecule has 498 valence electrons. The zero-order chi connectivity index (χ0) is 61.9. The second-order valence-electron chi connectivity index (χ2n) is 25.3. The average Bonchev–Trinajstić information content (AvgIpc) is 3.55. The summed E-state index contributed by atoms with van der Waals surface area (Å²) in [5.41, 5.74) is 0. The van der Waals surface area contributed by atoms with Crippen molar-refractivity contribution in [2.45, 2.75) is 392 Å². The van der Waals surface area contributed by atoms with Gasteiger partial charge in [0.15, 0.2) is 6.10 Å². The average molecular weight is 1200 g/mol.